The highest BCUT2D eigenvalue weighted by Gasteiger charge is 2.51. The van der Waals surface area contributed by atoms with Crippen LogP contribution in [-0.2, 0) is 4.79 Å². The van der Waals surface area contributed by atoms with Crippen LogP contribution in [0.1, 0.15) is 19.4 Å². The number of nitrogens with zero attached hydrogens (tertiary/aromatic N) is 5. The molecule has 1 unspecified atom stereocenters. The molecule has 2 heterocycles. The van der Waals surface area contributed by atoms with Gasteiger partial charge in [-0.25, -0.2) is 13.8 Å². The van der Waals surface area contributed by atoms with Gasteiger partial charge < -0.3 is 0 Å². The Hall–Kier alpha value is -3.10. The average molecular weight is 373 g/mol. The molecule has 0 aliphatic carbocycles. The number of nitrogens with one attached hydrogen (secondary N) is 1. The molecule has 8 nitrogen and oxygen atoms in total. The number of carbonyl (C=O) groups is 2. The summed E-state index contributed by atoms with van der Waals surface area (Å²) in [5.41, 5.74) is 3.56. The SMILES string of the molecule is CC(C)C[N+]1=C(N/N=C/c2ccc(F)cc2)N=C2C1C(=O)N(C)C(=O)N2C. The summed E-state index contributed by atoms with van der Waals surface area (Å²) >= 11 is 0. The zero-order chi connectivity index (χ0) is 19.7. The number of rotatable bonds is 4. The first kappa shape index (κ1) is 18.7. The third-order valence-electron chi connectivity index (χ3n) is 4.34. The number of amides is 3. The Kier molecular flexibility index (Phi) is 5.02. The molecule has 0 bridgehead atoms. The summed E-state index contributed by atoms with van der Waals surface area (Å²) in [5.74, 6) is 0.392. The molecule has 3 rings (SSSR count). The summed E-state index contributed by atoms with van der Waals surface area (Å²) < 4.78 is 14.8. The second-order valence-corrected chi connectivity index (χ2v) is 6.90. The van der Waals surface area contributed by atoms with E-state index in [1.54, 1.807) is 19.2 Å². The summed E-state index contributed by atoms with van der Waals surface area (Å²) in [6, 6.07) is 4.81. The maximum atomic E-state index is 13.0. The lowest BCUT2D eigenvalue weighted by molar-refractivity contribution is -0.543. The van der Waals surface area contributed by atoms with Crippen molar-refractivity contribution >= 4 is 29.9 Å². The molecule has 1 saturated heterocycles. The second kappa shape index (κ2) is 7.26. The normalized spacial score (nSPS) is 20.1. The number of halogens is 1. The van der Waals surface area contributed by atoms with E-state index < -0.39 is 12.1 Å². The van der Waals surface area contributed by atoms with E-state index in [0.717, 1.165) is 4.90 Å². The monoisotopic (exact) mass is 373 g/mol. The Morgan fingerprint density at radius 1 is 1.26 bits per heavy atom. The van der Waals surface area contributed by atoms with Crippen LogP contribution in [0, 0.1) is 11.7 Å². The van der Waals surface area contributed by atoms with Crippen molar-refractivity contribution in [1.82, 2.24) is 15.2 Å². The van der Waals surface area contributed by atoms with Gasteiger partial charge in [0.25, 0.3) is 5.91 Å². The Morgan fingerprint density at radius 2 is 1.93 bits per heavy atom. The zero-order valence-electron chi connectivity index (χ0n) is 15.7. The molecule has 1 atom stereocenters. The fraction of sp³-hybridized carbons (Fsp3) is 0.389. The Bertz CT molecular complexity index is 859. The summed E-state index contributed by atoms with van der Waals surface area (Å²) in [5, 5.41) is 4.15. The minimum absolute atomic E-state index is 0.262. The summed E-state index contributed by atoms with van der Waals surface area (Å²) in [4.78, 5) is 31.8. The molecular formula is C18H22FN6O2+. The largest absolute Gasteiger partial charge is 0.413 e. The number of hydrogen-bond donors (Lipinski definition) is 1. The number of benzene rings is 1. The molecule has 1 aromatic carbocycles. The van der Waals surface area contributed by atoms with Crippen molar-refractivity contribution in [3.05, 3.63) is 35.6 Å². The predicted octanol–water partition coefficient (Wildman–Crippen LogP) is 1.08. The molecule has 1 fully saturated rings. The lowest BCUT2D eigenvalue weighted by atomic mass is 10.1. The minimum Gasteiger partial charge on any atom is -0.270 e. The second-order valence-electron chi connectivity index (χ2n) is 6.90. The lowest BCUT2D eigenvalue weighted by Crippen LogP contribution is -2.61. The van der Waals surface area contributed by atoms with Gasteiger partial charge in [0.05, 0.1) is 12.8 Å². The molecule has 0 radical (unpaired) electrons. The molecule has 0 spiro atoms. The summed E-state index contributed by atoms with van der Waals surface area (Å²) in [7, 11) is 3.05. The number of carbonyl (C=O) groups excluding carboxylic acids is 2. The van der Waals surface area contributed by atoms with Crippen LogP contribution >= 0.6 is 0 Å². The fourth-order valence-corrected chi connectivity index (χ4v) is 2.99. The van der Waals surface area contributed by atoms with E-state index in [0.29, 0.717) is 23.9 Å². The van der Waals surface area contributed by atoms with E-state index in [2.05, 4.69) is 15.5 Å². The van der Waals surface area contributed by atoms with Gasteiger partial charge in [-0.05, 0) is 23.6 Å². The van der Waals surface area contributed by atoms with Gasteiger partial charge in [-0.2, -0.15) is 5.43 Å². The van der Waals surface area contributed by atoms with Crippen LogP contribution < -0.4 is 5.43 Å². The Balaban J connectivity index is 1.89. The van der Waals surface area contributed by atoms with Crippen molar-refractivity contribution in [3.8, 4) is 0 Å². The molecule has 0 aromatic heterocycles. The molecule has 2 aliphatic heterocycles. The van der Waals surface area contributed by atoms with Crippen LogP contribution in [0.5, 0.6) is 0 Å². The first-order valence-electron chi connectivity index (χ1n) is 8.61. The number of hydrazone groups is 1. The fourth-order valence-electron chi connectivity index (χ4n) is 2.99. The van der Waals surface area contributed by atoms with Crippen LogP contribution in [0.3, 0.4) is 0 Å². The number of hydrogen-bond acceptors (Lipinski definition) is 5. The minimum atomic E-state index is -0.663. The van der Waals surface area contributed by atoms with Crippen molar-refractivity contribution in [2.75, 3.05) is 20.6 Å². The maximum Gasteiger partial charge on any atom is 0.413 e. The molecule has 1 N–H and O–H groups in total. The van der Waals surface area contributed by atoms with Crippen LogP contribution in [0.15, 0.2) is 34.4 Å². The molecule has 9 heteroatoms. The van der Waals surface area contributed by atoms with Gasteiger partial charge in [0.2, 0.25) is 11.9 Å². The molecule has 3 amide bonds. The molecule has 1 aromatic rings. The number of imide groups is 1. The predicted molar refractivity (Wildman–Crippen MR) is 99.3 cm³/mol. The van der Waals surface area contributed by atoms with Crippen LogP contribution in [-0.4, -0.2) is 71.0 Å². The van der Waals surface area contributed by atoms with Crippen molar-refractivity contribution in [2.45, 2.75) is 19.9 Å². The highest BCUT2D eigenvalue weighted by atomic mass is 19.1. The summed E-state index contributed by atoms with van der Waals surface area (Å²) in [6.45, 7) is 4.63. The molecular weight excluding hydrogens is 351 g/mol. The zero-order valence-corrected chi connectivity index (χ0v) is 15.7. The number of guanidine groups is 1. The van der Waals surface area contributed by atoms with Gasteiger partial charge in [-0.3, -0.25) is 14.6 Å². The van der Waals surface area contributed by atoms with Crippen molar-refractivity contribution in [2.24, 2.45) is 16.0 Å². The topological polar surface area (TPSA) is 80.4 Å². The van der Waals surface area contributed by atoms with Crippen molar-refractivity contribution < 1.29 is 18.6 Å². The van der Waals surface area contributed by atoms with Gasteiger partial charge in [0.15, 0.2) is 0 Å². The van der Waals surface area contributed by atoms with Crippen LogP contribution in [0.2, 0.25) is 0 Å². The van der Waals surface area contributed by atoms with Crippen LogP contribution in [0.25, 0.3) is 0 Å². The maximum absolute atomic E-state index is 13.0. The van der Waals surface area contributed by atoms with Gasteiger partial charge in [-0.15, -0.1) is 5.10 Å². The molecule has 142 valence electrons. The Morgan fingerprint density at radius 3 is 2.56 bits per heavy atom. The van der Waals surface area contributed by atoms with E-state index in [1.165, 1.54) is 30.3 Å². The smallest absolute Gasteiger partial charge is 0.270 e. The number of urea groups is 1. The van der Waals surface area contributed by atoms with E-state index in [4.69, 9.17) is 0 Å². The van der Waals surface area contributed by atoms with Gasteiger partial charge in [-0.1, -0.05) is 31.0 Å². The highest BCUT2D eigenvalue weighted by Crippen LogP contribution is 2.19. The third kappa shape index (κ3) is 3.57. The van der Waals surface area contributed by atoms with E-state index in [-0.39, 0.29) is 17.6 Å². The van der Waals surface area contributed by atoms with Gasteiger partial charge in [0, 0.05) is 14.1 Å². The Labute approximate surface area is 156 Å². The lowest BCUT2D eigenvalue weighted by Gasteiger charge is -2.32. The highest BCUT2D eigenvalue weighted by molar-refractivity contribution is 6.22. The standard InChI is InChI=1S/C18H21FN6O2/c1-11(2)10-25-14-15(23(3)18(27)24(4)16(14)26)21-17(25)22-20-9-12-5-7-13(19)8-6-12/h5-9,11,14H,10H2,1-4H3/p+1/b20-9+. The molecule has 0 saturated carbocycles. The first-order valence-corrected chi connectivity index (χ1v) is 8.61. The van der Waals surface area contributed by atoms with E-state index in [1.807, 2.05) is 18.4 Å². The molecule has 2 aliphatic rings. The number of amidine groups is 1. The van der Waals surface area contributed by atoms with E-state index in [9.17, 15) is 14.0 Å². The molecule has 27 heavy (non-hydrogen) atoms. The van der Waals surface area contributed by atoms with Crippen molar-refractivity contribution in [1.29, 1.82) is 0 Å². The quantitative estimate of drug-likeness (QED) is 0.487. The number of aliphatic imine (C=N–C) groups is 1. The number of fused-ring (bicyclic) bond motifs is 1. The van der Waals surface area contributed by atoms with Crippen molar-refractivity contribution in [3.63, 3.8) is 0 Å². The first-order chi connectivity index (χ1) is 12.8. The average Bonchev–Trinajstić information content (AvgIpc) is 2.98. The summed E-state index contributed by atoms with van der Waals surface area (Å²) in [6.07, 6.45) is 1.53. The third-order valence-corrected chi connectivity index (χ3v) is 4.34. The van der Waals surface area contributed by atoms with Gasteiger partial charge in [0.1, 0.15) is 5.82 Å². The van der Waals surface area contributed by atoms with E-state index >= 15 is 0 Å². The van der Waals surface area contributed by atoms with Crippen LogP contribution in [0.4, 0.5) is 9.18 Å². The number of likely N-dealkylation sites (N-methyl/N-ethyl adjacent to an activating group) is 2. The van der Waals surface area contributed by atoms with Gasteiger partial charge >= 0.3 is 12.0 Å².